The van der Waals surface area contributed by atoms with Crippen molar-refractivity contribution >= 4 is 17.9 Å². The van der Waals surface area contributed by atoms with Crippen molar-refractivity contribution in [2.45, 2.75) is 360 Å². The maximum atomic E-state index is 13.0. The number of carboxylic acid groups (broad SMARTS) is 1. The first-order chi connectivity index (χ1) is 52.6. The Morgan fingerprint density at radius 3 is 0.748 bits per heavy atom. The second-order valence-corrected chi connectivity index (χ2v) is 29.7. The van der Waals surface area contributed by atoms with Crippen molar-refractivity contribution < 1.29 is 42.9 Å². The molecule has 0 aromatic rings. The van der Waals surface area contributed by atoms with Gasteiger partial charge in [-0.3, -0.25) is 9.59 Å². The molecular formula is C98H162NO8+. The lowest BCUT2D eigenvalue weighted by atomic mass is 10.0. The molecule has 9 nitrogen and oxygen atoms in total. The zero-order valence-electron chi connectivity index (χ0n) is 69.5. The fraction of sp³-hybridized carbons (Fsp3) is 0.643. The van der Waals surface area contributed by atoms with Crippen molar-refractivity contribution in [2.75, 3.05) is 47.5 Å². The van der Waals surface area contributed by atoms with Gasteiger partial charge in [0.15, 0.2) is 6.10 Å². The molecule has 0 saturated heterocycles. The van der Waals surface area contributed by atoms with Gasteiger partial charge in [-0.15, -0.1) is 0 Å². The van der Waals surface area contributed by atoms with Crippen LogP contribution in [0.5, 0.6) is 0 Å². The van der Waals surface area contributed by atoms with Crippen LogP contribution < -0.4 is 0 Å². The lowest BCUT2D eigenvalue weighted by molar-refractivity contribution is -0.870. The van der Waals surface area contributed by atoms with Crippen molar-refractivity contribution in [2.24, 2.45) is 0 Å². The second-order valence-electron chi connectivity index (χ2n) is 29.7. The first-order valence-corrected chi connectivity index (χ1v) is 43.6. The molecule has 0 saturated carbocycles. The van der Waals surface area contributed by atoms with E-state index in [-0.39, 0.29) is 32.2 Å². The van der Waals surface area contributed by atoms with Crippen LogP contribution in [0.3, 0.4) is 0 Å². The Morgan fingerprint density at radius 2 is 0.505 bits per heavy atom. The number of rotatable bonds is 79. The third kappa shape index (κ3) is 87.2. The Labute approximate surface area is 659 Å². The predicted molar refractivity (Wildman–Crippen MR) is 465 cm³/mol. The summed E-state index contributed by atoms with van der Waals surface area (Å²) in [5.41, 5.74) is 0. The van der Waals surface area contributed by atoms with Crippen molar-refractivity contribution in [1.82, 2.24) is 0 Å². The number of ether oxygens (including phenoxy) is 4. The summed E-state index contributed by atoms with van der Waals surface area (Å²) in [5.74, 6) is -2.02. The van der Waals surface area contributed by atoms with Gasteiger partial charge in [-0.25, -0.2) is 4.79 Å². The van der Waals surface area contributed by atoms with Crippen molar-refractivity contribution in [3.63, 3.8) is 0 Å². The molecule has 0 aliphatic carbocycles. The highest BCUT2D eigenvalue weighted by atomic mass is 16.7. The smallest absolute Gasteiger partial charge is 0.361 e. The van der Waals surface area contributed by atoms with Crippen molar-refractivity contribution in [1.29, 1.82) is 0 Å². The average Bonchev–Trinajstić information content (AvgIpc) is 0.965. The van der Waals surface area contributed by atoms with E-state index in [4.69, 9.17) is 18.9 Å². The summed E-state index contributed by atoms with van der Waals surface area (Å²) >= 11 is 0. The number of hydrogen-bond donors (Lipinski definition) is 1. The minimum absolute atomic E-state index is 0.178. The monoisotopic (exact) mass is 1480 g/mol. The maximum absolute atomic E-state index is 13.0. The lowest BCUT2D eigenvalue weighted by Crippen LogP contribution is -2.40. The van der Waals surface area contributed by atoms with E-state index in [9.17, 15) is 19.5 Å². The topological polar surface area (TPSA) is 108 Å². The van der Waals surface area contributed by atoms with E-state index in [0.29, 0.717) is 23.9 Å². The van der Waals surface area contributed by atoms with Gasteiger partial charge >= 0.3 is 17.9 Å². The second kappa shape index (κ2) is 85.7. The summed E-state index contributed by atoms with van der Waals surface area (Å²) in [4.78, 5) is 37.8. The molecule has 2 atom stereocenters. The molecule has 0 spiro atoms. The number of hydrogen-bond acceptors (Lipinski definition) is 7. The van der Waals surface area contributed by atoms with Crippen molar-refractivity contribution in [3.8, 4) is 0 Å². The highest BCUT2D eigenvalue weighted by Crippen LogP contribution is 2.18. The summed E-state index contributed by atoms with van der Waals surface area (Å²) in [6.45, 7) is 4.65. The van der Waals surface area contributed by atoms with Crippen molar-refractivity contribution in [3.05, 3.63) is 194 Å². The lowest BCUT2D eigenvalue weighted by Gasteiger charge is -2.25. The number of carboxylic acids is 1. The zero-order chi connectivity index (χ0) is 77.4. The van der Waals surface area contributed by atoms with E-state index in [0.717, 1.165) is 148 Å². The van der Waals surface area contributed by atoms with Gasteiger partial charge in [0, 0.05) is 12.8 Å². The Kier molecular flexibility index (Phi) is 81.0. The first kappa shape index (κ1) is 101. The van der Waals surface area contributed by atoms with E-state index >= 15 is 0 Å². The maximum Gasteiger partial charge on any atom is 0.361 e. The molecule has 0 aliphatic heterocycles. The minimum atomic E-state index is -1.52. The predicted octanol–water partition coefficient (Wildman–Crippen LogP) is 28.8. The molecular weight excluding hydrogens is 1320 g/mol. The van der Waals surface area contributed by atoms with Crippen LogP contribution in [0.2, 0.25) is 0 Å². The molecule has 0 aromatic carbocycles. The van der Waals surface area contributed by atoms with Gasteiger partial charge in [0.25, 0.3) is 6.29 Å². The van der Waals surface area contributed by atoms with Crippen LogP contribution in [0.1, 0.15) is 348 Å². The normalized spacial score (nSPS) is 13.6. The number of quaternary nitrogens is 1. The van der Waals surface area contributed by atoms with Gasteiger partial charge in [0.05, 0.1) is 34.4 Å². The van der Waals surface area contributed by atoms with Crippen LogP contribution in [-0.4, -0.2) is 87.4 Å². The number of carbonyl (C=O) groups excluding carboxylic acids is 2. The summed E-state index contributed by atoms with van der Waals surface area (Å²) in [6.07, 6.45) is 129. The molecule has 0 rings (SSSR count). The molecule has 0 fully saturated rings. The van der Waals surface area contributed by atoms with Crippen LogP contribution in [0, 0.1) is 0 Å². The number of allylic oxidation sites excluding steroid dienone is 32. The first-order valence-electron chi connectivity index (χ1n) is 43.6. The molecule has 1 N–H and O–H groups in total. The van der Waals surface area contributed by atoms with Gasteiger partial charge < -0.3 is 28.5 Å². The van der Waals surface area contributed by atoms with Gasteiger partial charge in [-0.2, -0.15) is 0 Å². The minimum Gasteiger partial charge on any atom is -0.477 e. The van der Waals surface area contributed by atoms with E-state index in [1.54, 1.807) is 0 Å². The number of unbranched alkanes of at least 4 members (excludes halogenated alkanes) is 32. The molecule has 0 aliphatic rings. The average molecular weight is 1480 g/mol. The molecule has 0 heterocycles. The van der Waals surface area contributed by atoms with E-state index < -0.39 is 24.3 Å². The van der Waals surface area contributed by atoms with Crippen LogP contribution in [-0.2, 0) is 33.3 Å². The highest BCUT2D eigenvalue weighted by Gasteiger charge is 2.25. The van der Waals surface area contributed by atoms with Gasteiger partial charge in [-0.05, 0) is 141 Å². The fourth-order valence-electron chi connectivity index (χ4n) is 11.8. The third-order valence-corrected chi connectivity index (χ3v) is 18.3. The number of likely N-dealkylation sites (N-methyl/N-ethyl adjacent to an activating group) is 1. The number of nitrogens with zero attached hydrogens (tertiary/aromatic N) is 1. The van der Waals surface area contributed by atoms with Gasteiger partial charge in [-0.1, -0.05) is 388 Å². The highest BCUT2D eigenvalue weighted by molar-refractivity contribution is 5.71. The Bertz CT molecular complexity index is 2480. The van der Waals surface area contributed by atoms with Crippen LogP contribution in [0.4, 0.5) is 0 Å². The summed E-state index contributed by atoms with van der Waals surface area (Å²) < 4.78 is 23.1. The molecule has 0 radical (unpaired) electrons. The van der Waals surface area contributed by atoms with E-state index in [2.05, 4.69) is 208 Å². The number of aliphatic carboxylic acids is 1. The molecule has 0 aromatic heterocycles. The van der Waals surface area contributed by atoms with Gasteiger partial charge in [0.2, 0.25) is 0 Å². The summed E-state index contributed by atoms with van der Waals surface area (Å²) in [7, 11) is 5.98. The molecule has 0 bridgehead atoms. The molecule has 606 valence electrons. The van der Waals surface area contributed by atoms with Crippen LogP contribution in [0.15, 0.2) is 194 Å². The number of carbonyl (C=O) groups is 3. The summed E-state index contributed by atoms with van der Waals surface area (Å²) in [5, 5.41) is 9.79. The SMILES string of the molecule is CC/C=C\C/C=C\C/C=C\C/C=C\C/C=C\C/C=C\C/C=C\C/C=C\C/C=C\C/C=C\C/C=C\CCCCCCCCCC(=O)OC(COC(=O)CCCCCCCCCCCCCCCCCCCCCCCCCCC/C=C\C/C=C\C/C=C\C/C=C\C/C=C\CC)COC(OCC[N+](C)(C)C)C(=O)O. The molecule has 2 unspecified atom stereocenters. The molecule has 0 amide bonds. The number of esters is 2. The molecule has 107 heavy (non-hydrogen) atoms. The van der Waals surface area contributed by atoms with Crippen LogP contribution >= 0.6 is 0 Å². The van der Waals surface area contributed by atoms with Gasteiger partial charge in [0.1, 0.15) is 13.2 Å². The van der Waals surface area contributed by atoms with E-state index in [1.165, 1.54) is 167 Å². The third-order valence-electron chi connectivity index (χ3n) is 18.3. The summed E-state index contributed by atoms with van der Waals surface area (Å²) in [6, 6.07) is 0. The molecule has 9 heteroatoms. The quantitative estimate of drug-likeness (QED) is 0.0211. The van der Waals surface area contributed by atoms with Crippen LogP contribution in [0.25, 0.3) is 0 Å². The largest absolute Gasteiger partial charge is 0.477 e. The van der Waals surface area contributed by atoms with E-state index in [1.807, 2.05) is 21.1 Å². The zero-order valence-corrected chi connectivity index (χ0v) is 69.5. The Hall–Kier alpha value is -5.87. The Morgan fingerprint density at radius 1 is 0.280 bits per heavy atom. The fourth-order valence-corrected chi connectivity index (χ4v) is 11.8. The Balaban J connectivity index is 4.05. The standard InChI is InChI=1S/C98H161NO8/c1-6-8-10-12-14-16-18-20-22-24-26-28-30-32-34-36-38-40-42-44-46-48-50-52-54-56-58-60-62-64-66-68-70-72-74-76-78-80-82-84-86-88-95(100)105-92-94(93-106-98(97(102)103)104-91-90-99(3,4)5)107-96(101)89-87-85-83-81-79-77-75-73-71-69-67-65-63-61-59-57-55-53-51-49-47-45-43-41-39-37-35-33-31-29-27-25-23-21-19-17-15-13-11-9-7-2/h8-11,14-17,20-23,26-29,32-35,39,41,45,47,51,53,57,59,63,65,69,71,94,98H,6-7,12-13,18-19,24-25,30-31,36-38,40,42-44,46,48-50,52,54-56,58,60-62,64,66-68,70,72-93H2,1-5H3/p+1/b10-8-,11-9-,16-14-,17-15-,22-20-,23-21-,28-26-,29-27-,34-32-,35-33-,41-39-,47-45-,53-51-,59-57-,65-63-,71-69-.